The van der Waals surface area contributed by atoms with E-state index in [0.29, 0.717) is 41.7 Å². The van der Waals surface area contributed by atoms with Gasteiger partial charge in [-0.2, -0.15) is 0 Å². The maximum atomic E-state index is 13.8. The van der Waals surface area contributed by atoms with E-state index in [1.54, 1.807) is 36.4 Å². The van der Waals surface area contributed by atoms with Gasteiger partial charge in [-0.3, -0.25) is 19.4 Å². The number of hydrogen-bond donors (Lipinski definition) is 0. The van der Waals surface area contributed by atoms with Crippen LogP contribution in [0.25, 0.3) is 6.08 Å². The third-order valence-electron chi connectivity index (χ3n) is 6.15. The molecule has 1 fully saturated rings. The van der Waals surface area contributed by atoms with Crippen LogP contribution in [0.1, 0.15) is 18.1 Å². The maximum absolute atomic E-state index is 13.8. The predicted octanol–water partition coefficient (Wildman–Crippen LogP) is 7.02. The van der Waals surface area contributed by atoms with Crippen LogP contribution < -0.4 is 19.3 Å². The smallest absolute Gasteiger partial charge is 0.270 e. The number of anilines is 2. The fourth-order valence-corrected chi connectivity index (χ4v) is 5.47. The lowest BCUT2D eigenvalue weighted by Crippen LogP contribution is -2.56. The Morgan fingerprint density at radius 1 is 0.775 bits per heavy atom. The normalized spacial score (nSPS) is 13.4. The highest BCUT2D eigenvalue weighted by molar-refractivity contribution is 14.1. The quantitative estimate of drug-likeness (QED) is 0.0881. The van der Waals surface area contributed by atoms with E-state index in [1.165, 1.54) is 9.80 Å². The second kappa shape index (κ2) is 12.4. The van der Waals surface area contributed by atoms with Crippen LogP contribution in [0, 0.1) is 3.57 Å². The van der Waals surface area contributed by atoms with Gasteiger partial charge in [0.05, 0.1) is 21.6 Å². The van der Waals surface area contributed by atoms with Gasteiger partial charge < -0.3 is 9.47 Å². The summed E-state index contributed by atoms with van der Waals surface area (Å²) in [7, 11) is 0. The summed E-state index contributed by atoms with van der Waals surface area (Å²) in [6.45, 7) is 2.70. The largest absolute Gasteiger partial charge is 0.490 e. The van der Waals surface area contributed by atoms with Crippen LogP contribution in [0.5, 0.6) is 11.5 Å². The summed E-state index contributed by atoms with van der Waals surface area (Å²) >= 11 is 7.88. The van der Waals surface area contributed by atoms with Crippen LogP contribution >= 0.6 is 34.8 Å². The second-order valence-corrected chi connectivity index (χ2v) is 10.4. The molecule has 2 amide bonds. The number of carbonyl (C=O) groups excluding carboxylic acids is 2. The van der Waals surface area contributed by atoms with Crippen molar-refractivity contribution in [3.8, 4) is 11.5 Å². The van der Waals surface area contributed by atoms with Crippen molar-refractivity contribution in [1.29, 1.82) is 0 Å². The topological polar surface area (TPSA) is 59.1 Å². The van der Waals surface area contributed by atoms with Crippen molar-refractivity contribution in [1.82, 2.24) is 0 Å². The Labute approximate surface area is 252 Å². The molecule has 0 aliphatic carbocycles. The van der Waals surface area contributed by atoms with Gasteiger partial charge in [-0.15, -0.1) is 0 Å². The van der Waals surface area contributed by atoms with E-state index < -0.39 is 11.8 Å². The van der Waals surface area contributed by atoms with E-state index in [0.717, 1.165) is 9.13 Å². The average molecular weight is 661 g/mol. The summed E-state index contributed by atoms with van der Waals surface area (Å²) in [5.74, 6) is 0.146. The van der Waals surface area contributed by atoms with Gasteiger partial charge in [0.15, 0.2) is 16.6 Å². The first-order chi connectivity index (χ1) is 19.5. The monoisotopic (exact) mass is 660 g/mol. The lowest BCUT2D eigenvalue weighted by Gasteiger charge is -2.36. The van der Waals surface area contributed by atoms with Crippen LogP contribution in [0.3, 0.4) is 0 Å². The number of benzene rings is 4. The molecule has 0 bridgehead atoms. The number of thiocarbonyl (C=S) groups is 1. The lowest BCUT2D eigenvalue weighted by atomic mass is 10.0. The van der Waals surface area contributed by atoms with Crippen molar-refractivity contribution in [3.63, 3.8) is 0 Å². The van der Waals surface area contributed by atoms with Crippen molar-refractivity contribution in [3.05, 3.63) is 123 Å². The molecule has 4 aromatic carbocycles. The first-order valence-electron chi connectivity index (χ1n) is 12.7. The number of rotatable bonds is 8. The molecule has 0 atom stereocenters. The van der Waals surface area contributed by atoms with Gasteiger partial charge in [-0.25, -0.2) is 0 Å². The minimum atomic E-state index is -0.495. The number of para-hydroxylation sites is 2. The fraction of sp³-hybridized carbons (Fsp3) is 0.0938. The number of carbonyl (C=O) groups is 2. The Balaban J connectivity index is 1.56. The lowest BCUT2D eigenvalue weighted by molar-refractivity contribution is -0.120. The molecule has 0 radical (unpaired) electrons. The van der Waals surface area contributed by atoms with Crippen molar-refractivity contribution in [2.45, 2.75) is 13.5 Å². The van der Waals surface area contributed by atoms with Crippen molar-refractivity contribution < 1.29 is 19.1 Å². The Morgan fingerprint density at radius 2 is 1.30 bits per heavy atom. The predicted molar refractivity (Wildman–Crippen MR) is 170 cm³/mol. The molecule has 0 aromatic heterocycles. The van der Waals surface area contributed by atoms with E-state index in [9.17, 15) is 9.59 Å². The van der Waals surface area contributed by atoms with Gasteiger partial charge in [0.2, 0.25) is 0 Å². The zero-order valence-corrected chi connectivity index (χ0v) is 24.6. The maximum Gasteiger partial charge on any atom is 0.270 e. The summed E-state index contributed by atoms with van der Waals surface area (Å²) in [5.41, 5.74) is 2.79. The van der Waals surface area contributed by atoms with Crippen molar-refractivity contribution >= 4 is 69.2 Å². The Kier molecular flexibility index (Phi) is 8.57. The fourth-order valence-electron chi connectivity index (χ4n) is 4.31. The summed E-state index contributed by atoms with van der Waals surface area (Å²) in [4.78, 5) is 30.4. The summed E-state index contributed by atoms with van der Waals surface area (Å²) in [5, 5.41) is 0.0961. The average Bonchev–Trinajstić information content (AvgIpc) is 2.97. The van der Waals surface area contributed by atoms with Crippen LogP contribution in [-0.2, 0) is 16.2 Å². The molecular weight excluding hydrogens is 635 g/mol. The van der Waals surface area contributed by atoms with Crippen LogP contribution in [0.4, 0.5) is 11.4 Å². The molecule has 1 aliphatic rings. The van der Waals surface area contributed by atoms with Crippen LogP contribution in [-0.4, -0.2) is 23.5 Å². The van der Waals surface area contributed by atoms with Crippen LogP contribution in [0.15, 0.2) is 109 Å². The zero-order chi connectivity index (χ0) is 28.1. The van der Waals surface area contributed by atoms with Gasteiger partial charge in [0.25, 0.3) is 11.8 Å². The first-order valence-corrected chi connectivity index (χ1v) is 14.1. The van der Waals surface area contributed by atoms with Gasteiger partial charge in [-0.1, -0.05) is 66.7 Å². The summed E-state index contributed by atoms with van der Waals surface area (Å²) in [6.07, 6.45) is 1.59. The highest BCUT2D eigenvalue weighted by atomic mass is 127. The molecule has 8 heteroatoms. The molecule has 0 N–H and O–H groups in total. The molecule has 5 rings (SSSR count). The Bertz CT molecular complexity index is 1510. The van der Waals surface area contributed by atoms with Gasteiger partial charge in [0.1, 0.15) is 12.2 Å². The van der Waals surface area contributed by atoms with Crippen molar-refractivity contribution in [2.75, 3.05) is 16.4 Å². The molecular formula is C32H25IN2O4S. The Morgan fingerprint density at radius 3 is 1.82 bits per heavy atom. The number of hydrogen-bond acceptors (Lipinski definition) is 5. The molecule has 0 saturated carbocycles. The van der Waals surface area contributed by atoms with Crippen molar-refractivity contribution in [2.24, 2.45) is 0 Å². The van der Waals surface area contributed by atoms with Gasteiger partial charge in [-0.05, 0) is 95.3 Å². The highest BCUT2D eigenvalue weighted by Crippen LogP contribution is 2.36. The van der Waals surface area contributed by atoms with E-state index >= 15 is 0 Å². The van der Waals surface area contributed by atoms with E-state index in [4.69, 9.17) is 21.7 Å². The molecule has 6 nitrogen and oxygen atoms in total. The highest BCUT2D eigenvalue weighted by Gasteiger charge is 2.41. The number of amides is 2. The van der Waals surface area contributed by atoms with Gasteiger partial charge in [0, 0.05) is 0 Å². The molecule has 0 spiro atoms. The minimum Gasteiger partial charge on any atom is -0.490 e. The number of nitrogens with zero attached hydrogens (tertiary/aromatic N) is 2. The van der Waals surface area contributed by atoms with E-state index in [-0.39, 0.29) is 10.7 Å². The summed E-state index contributed by atoms with van der Waals surface area (Å²) in [6, 6.07) is 31.7. The molecule has 1 aliphatic heterocycles. The molecule has 4 aromatic rings. The standard InChI is InChI=1S/C32H25IN2O4S/c1-2-38-28-20-23(19-27(33)29(28)39-21-22-12-6-3-7-13-22)18-26-30(36)34(24-14-8-4-9-15-24)32(40)35(31(26)37)25-16-10-5-11-17-25/h3-20H,2,21H2,1H3. The van der Waals surface area contributed by atoms with Crippen LogP contribution in [0.2, 0.25) is 0 Å². The molecule has 200 valence electrons. The first kappa shape index (κ1) is 27.5. The summed E-state index contributed by atoms with van der Waals surface area (Å²) < 4.78 is 12.8. The van der Waals surface area contributed by atoms with E-state index in [1.807, 2.05) is 79.7 Å². The molecule has 40 heavy (non-hydrogen) atoms. The molecule has 0 unspecified atom stereocenters. The minimum absolute atomic E-state index is 0.0162. The third-order valence-corrected chi connectivity index (χ3v) is 7.31. The second-order valence-electron chi connectivity index (χ2n) is 8.83. The van der Waals surface area contributed by atoms with E-state index in [2.05, 4.69) is 22.6 Å². The van der Waals surface area contributed by atoms with Gasteiger partial charge >= 0.3 is 0 Å². The zero-order valence-electron chi connectivity index (χ0n) is 21.6. The molecule has 1 heterocycles. The molecule has 1 saturated heterocycles. The number of halogens is 1. The third kappa shape index (κ3) is 5.78. The Hall–Kier alpha value is -4.02. The SMILES string of the molecule is CCOc1cc(C=C2C(=O)N(c3ccccc3)C(=S)N(c3ccccc3)C2=O)cc(I)c1OCc1ccccc1. The number of ether oxygens (including phenoxy) is 2.